The number of carbonyl (C=O) groups is 2. The number of carbonyl (C=O) groups excluding carboxylic acids is 2. The molecule has 0 fully saturated rings. The van der Waals surface area contributed by atoms with Crippen LogP contribution >= 0.6 is 0 Å². The summed E-state index contributed by atoms with van der Waals surface area (Å²) < 4.78 is 10.3. The van der Waals surface area contributed by atoms with Crippen molar-refractivity contribution in [3.63, 3.8) is 0 Å². The number of ether oxygens (including phenoxy) is 2. The molecule has 0 bridgehead atoms. The average Bonchev–Trinajstić information content (AvgIpc) is 2.64. The van der Waals surface area contributed by atoms with Crippen molar-refractivity contribution < 1.29 is 24.2 Å². The van der Waals surface area contributed by atoms with Crippen LogP contribution < -0.4 is 20.2 Å². The predicted molar refractivity (Wildman–Crippen MR) is 101 cm³/mol. The van der Waals surface area contributed by atoms with Gasteiger partial charge in [-0.2, -0.15) is 5.10 Å². The van der Waals surface area contributed by atoms with E-state index in [1.807, 2.05) is 6.92 Å². The summed E-state index contributed by atoms with van der Waals surface area (Å²) in [4.78, 5) is 23.7. The summed E-state index contributed by atoms with van der Waals surface area (Å²) in [6, 6.07) is 11.5. The van der Waals surface area contributed by atoms with E-state index in [2.05, 4.69) is 15.8 Å². The van der Waals surface area contributed by atoms with E-state index in [1.54, 1.807) is 36.4 Å². The molecule has 0 unspecified atom stereocenters. The first-order valence-corrected chi connectivity index (χ1v) is 8.23. The fraction of sp³-hybridized carbons (Fsp3) is 0.211. The second-order valence-electron chi connectivity index (χ2n) is 5.41. The fourth-order valence-electron chi connectivity index (χ4n) is 2.15. The zero-order valence-corrected chi connectivity index (χ0v) is 15.1. The van der Waals surface area contributed by atoms with E-state index in [9.17, 15) is 14.7 Å². The number of phenols is 1. The molecule has 0 heterocycles. The largest absolute Gasteiger partial charge is 0.504 e. The SMILES string of the molecule is CCOc1ccc(NC(=O)CC(=O)NN=Cc2ccc(O)c(OC)c2)cc1. The lowest BCUT2D eigenvalue weighted by molar-refractivity contribution is -0.126. The Morgan fingerprint density at radius 2 is 1.89 bits per heavy atom. The van der Waals surface area contributed by atoms with Gasteiger partial charge in [-0.05, 0) is 55.0 Å². The highest BCUT2D eigenvalue weighted by atomic mass is 16.5. The highest BCUT2D eigenvalue weighted by molar-refractivity contribution is 6.03. The second-order valence-corrected chi connectivity index (χ2v) is 5.41. The van der Waals surface area contributed by atoms with Crippen LogP contribution in [0.1, 0.15) is 18.9 Å². The van der Waals surface area contributed by atoms with E-state index in [1.165, 1.54) is 19.4 Å². The van der Waals surface area contributed by atoms with Crippen LogP contribution in [0.25, 0.3) is 0 Å². The maximum absolute atomic E-state index is 11.9. The van der Waals surface area contributed by atoms with Crippen molar-refractivity contribution in [3.05, 3.63) is 48.0 Å². The van der Waals surface area contributed by atoms with E-state index in [0.29, 0.717) is 29.4 Å². The Labute approximate surface area is 156 Å². The lowest BCUT2D eigenvalue weighted by Gasteiger charge is -2.06. The van der Waals surface area contributed by atoms with Crippen LogP contribution in [0, 0.1) is 0 Å². The summed E-state index contributed by atoms with van der Waals surface area (Å²) in [7, 11) is 1.43. The first-order chi connectivity index (χ1) is 13.0. The number of methoxy groups -OCH3 is 1. The molecule has 8 heteroatoms. The molecule has 0 atom stereocenters. The molecule has 2 rings (SSSR count). The molecule has 0 aliphatic carbocycles. The summed E-state index contributed by atoms with van der Waals surface area (Å²) in [5.41, 5.74) is 3.45. The van der Waals surface area contributed by atoms with Crippen LogP contribution in [0.4, 0.5) is 5.69 Å². The third-order valence-electron chi connectivity index (χ3n) is 3.38. The van der Waals surface area contributed by atoms with Crippen molar-refractivity contribution in [3.8, 4) is 17.2 Å². The minimum Gasteiger partial charge on any atom is -0.504 e. The molecule has 0 saturated carbocycles. The second kappa shape index (κ2) is 9.81. The Bertz CT molecular complexity index is 819. The van der Waals surface area contributed by atoms with E-state index in [-0.39, 0.29) is 12.2 Å². The maximum atomic E-state index is 11.9. The summed E-state index contributed by atoms with van der Waals surface area (Å²) in [5.74, 6) is -0.0170. The highest BCUT2D eigenvalue weighted by Crippen LogP contribution is 2.25. The number of amides is 2. The summed E-state index contributed by atoms with van der Waals surface area (Å²) in [6.45, 7) is 2.44. The molecule has 0 aliphatic heterocycles. The van der Waals surface area contributed by atoms with Crippen LogP contribution in [0.15, 0.2) is 47.6 Å². The van der Waals surface area contributed by atoms with Crippen LogP contribution in [0.5, 0.6) is 17.2 Å². The van der Waals surface area contributed by atoms with Gasteiger partial charge in [-0.25, -0.2) is 5.43 Å². The van der Waals surface area contributed by atoms with Gasteiger partial charge in [-0.1, -0.05) is 0 Å². The van der Waals surface area contributed by atoms with Crippen molar-refractivity contribution in [1.82, 2.24) is 5.43 Å². The summed E-state index contributed by atoms with van der Waals surface area (Å²) in [5, 5.41) is 15.9. The zero-order valence-electron chi connectivity index (χ0n) is 15.1. The van der Waals surface area contributed by atoms with Crippen LogP contribution in [-0.2, 0) is 9.59 Å². The van der Waals surface area contributed by atoms with E-state index < -0.39 is 11.8 Å². The Morgan fingerprint density at radius 3 is 2.56 bits per heavy atom. The van der Waals surface area contributed by atoms with Crippen LogP contribution in [0.3, 0.4) is 0 Å². The number of nitrogens with zero attached hydrogens (tertiary/aromatic N) is 1. The number of benzene rings is 2. The molecule has 0 aliphatic rings. The third-order valence-corrected chi connectivity index (χ3v) is 3.38. The number of hydrogen-bond acceptors (Lipinski definition) is 6. The summed E-state index contributed by atoms with van der Waals surface area (Å²) in [6.07, 6.45) is 1.01. The molecule has 27 heavy (non-hydrogen) atoms. The average molecular weight is 371 g/mol. The third kappa shape index (κ3) is 6.35. The Balaban J connectivity index is 1.81. The lowest BCUT2D eigenvalue weighted by Crippen LogP contribution is -2.24. The van der Waals surface area contributed by atoms with Crippen molar-refractivity contribution in [2.45, 2.75) is 13.3 Å². The number of aromatic hydroxyl groups is 1. The van der Waals surface area contributed by atoms with Gasteiger partial charge in [0.25, 0.3) is 0 Å². The monoisotopic (exact) mass is 371 g/mol. The van der Waals surface area contributed by atoms with Crippen LogP contribution in [-0.4, -0.2) is 36.9 Å². The molecule has 2 aromatic rings. The quantitative estimate of drug-likeness (QED) is 0.375. The summed E-state index contributed by atoms with van der Waals surface area (Å²) >= 11 is 0. The van der Waals surface area contributed by atoms with Gasteiger partial charge >= 0.3 is 0 Å². The Morgan fingerprint density at radius 1 is 1.15 bits per heavy atom. The molecular weight excluding hydrogens is 350 g/mol. The van der Waals surface area contributed by atoms with Gasteiger partial charge in [-0.3, -0.25) is 9.59 Å². The van der Waals surface area contributed by atoms with Gasteiger partial charge in [0, 0.05) is 5.69 Å². The van der Waals surface area contributed by atoms with Gasteiger partial charge in [-0.15, -0.1) is 0 Å². The molecule has 3 N–H and O–H groups in total. The van der Waals surface area contributed by atoms with Crippen molar-refractivity contribution >= 4 is 23.7 Å². The number of hydrazone groups is 1. The molecular formula is C19H21N3O5. The van der Waals surface area contributed by atoms with E-state index in [0.717, 1.165) is 0 Å². The molecule has 0 spiro atoms. The first-order valence-electron chi connectivity index (χ1n) is 8.23. The maximum Gasteiger partial charge on any atom is 0.249 e. The standard InChI is InChI=1S/C19H21N3O5/c1-3-27-15-7-5-14(6-8-15)21-18(24)11-19(25)22-20-12-13-4-9-16(23)17(10-13)26-2/h4-10,12,23H,3,11H2,1-2H3,(H,21,24)(H,22,25). The van der Waals surface area contributed by atoms with Gasteiger partial charge in [0.2, 0.25) is 11.8 Å². The molecule has 2 amide bonds. The number of nitrogens with one attached hydrogen (secondary N) is 2. The Kier molecular flexibility index (Phi) is 7.18. The van der Waals surface area contributed by atoms with Crippen molar-refractivity contribution in [2.24, 2.45) is 5.10 Å². The number of rotatable bonds is 8. The van der Waals surface area contributed by atoms with Crippen molar-refractivity contribution in [1.29, 1.82) is 0 Å². The normalized spacial score (nSPS) is 10.4. The molecule has 8 nitrogen and oxygen atoms in total. The zero-order chi connectivity index (χ0) is 19.6. The highest BCUT2D eigenvalue weighted by Gasteiger charge is 2.09. The minimum atomic E-state index is -0.555. The van der Waals surface area contributed by atoms with Crippen molar-refractivity contribution in [2.75, 3.05) is 19.0 Å². The fourth-order valence-corrected chi connectivity index (χ4v) is 2.15. The van der Waals surface area contributed by atoms with E-state index in [4.69, 9.17) is 9.47 Å². The van der Waals surface area contributed by atoms with Gasteiger partial charge in [0.05, 0.1) is 19.9 Å². The number of phenolic OH excluding ortho intramolecular Hbond substituents is 1. The molecule has 0 saturated heterocycles. The number of anilines is 1. The van der Waals surface area contributed by atoms with Gasteiger partial charge < -0.3 is 19.9 Å². The van der Waals surface area contributed by atoms with E-state index >= 15 is 0 Å². The Hall–Kier alpha value is -3.55. The molecule has 0 radical (unpaired) electrons. The van der Waals surface area contributed by atoms with Crippen LogP contribution in [0.2, 0.25) is 0 Å². The smallest absolute Gasteiger partial charge is 0.249 e. The topological polar surface area (TPSA) is 109 Å². The molecule has 2 aromatic carbocycles. The predicted octanol–water partition coefficient (Wildman–Crippen LogP) is 2.28. The number of hydrogen-bond donors (Lipinski definition) is 3. The lowest BCUT2D eigenvalue weighted by atomic mass is 10.2. The molecule has 0 aromatic heterocycles. The molecule has 142 valence electrons. The minimum absolute atomic E-state index is 0.00430. The first kappa shape index (κ1) is 19.8. The van der Waals surface area contributed by atoms with Gasteiger partial charge in [0.15, 0.2) is 11.5 Å². The van der Waals surface area contributed by atoms with Gasteiger partial charge in [0.1, 0.15) is 12.2 Å².